The van der Waals surface area contributed by atoms with Gasteiger partial charge < -0.3 is 25.5 Å². The molecule has 144 valence electrons. The third kappa shape index (κ3) is 3.34. The number of amides is 1. The van der Waals surface area contributed by atoms with Gasteiger partial charge in [-0.25, -0.2) is 0 Å². The smallest absolute Gasteiger partial charge is 0.423 e. The van der Waals surface area contributed by atoms with Crippen molar-refractivity contribution in [3.63, 3.8) is 0 Å². The van der Waals surface area contributed by atoms with Crippen LogP contribution in [0.2, 0.25) is 5.02 Å². The Labute approximate surface area is 166 Å². The maximum atomic E-state index is 11.9. The molecule has 0 aliphatic carbocycles. The molecule has 11 heteroatoms. The SMILES string of the molecule is N#C[C@H]1CCOCC1n1cc(C(N)=O)c(Nc2cc(Cl)c3c(c2)COB3O)n1. The van der Waals surface area contributed by atoms with Crippen LogP contribution >= 0.6 is 11.6 Å². The molecule has 4 N–H and O–H groups in total. The summed E-state index contributed by atoms with van der Waals surface area (Å²) in [7, 11) is -1.05. The van der Waals surface area contributed by atoms with Crippen LogP contribution in [-0.4, -0.2) is 41.0 Å². The van der Waals surface area contributed by atoms with E-state index in [-0.39, 0.29) is 29.9 Å². The molecule has 1 amide bonds. The van der Waals surface area contributed by atoms with Gasteiger partial charge in [0.1, 0.15) is 5.56 Å². The molecule has 1 saturated heterocycles. The second-order valence-electron chi connectivity index (χ2n) is 6.72. The molecular formula is C17H17BClN5O4. The number of primary amides is 1. The Balaban J connectivity index is 1.67. The Hall–Kier alpha value is -2.58. The number of hydrogen-bond donors (Lipinski definition) is 3. The third-order valence-electron chi connectivity index (χ3n) is 4.95. The third-order valence-corrected chi connectivity index (χ3v) is 5.26. The summed E-state index contributed by atoms with van der Waals surface area (Å²) in [4.78, 5) is 11.9. The summed E-state index contributed by atoms with van der Waals surface area (Å²) in [6, 6.07) is 5.34. The van der Waals surface area contributed by atoms with E-state index in [2.05, 4.69) is 16.5 Å². The first-order chi connectivity index (χ1) is 13.5. The summed E-state index contributed by atoms with van der Waals surface area (Å²) in [5, 5.41) is 27.0. The number of aromatic nitrogens is 2. The first-order valence-corrected chi connectivity index (χ1v) is 9.11. The molecule has 1 aromatic carbocycles. The van der Waals surface area contributed by atoms with E-state index in [1.807, 2.05) is 0 Å². The maximum absolute atomic E-state index is 11.9. The van der Waals surface area contributed by atoms with Crippen molar-refractivity contribution in [1.29, 1.82) is 5.26 Å². The average Bonchev–Trinajstić information content (AvgIpc) is 3.26. The Kier molecular flexibility index (Phi) is 4.99. The standard InChI is InChI=1S/C17H17BClN5O4/c19-13-4-11(3-10-7-28-18(26)15(10)13)22-17-12(16(21)25)6-24(23-17)14-8-27-2-1-9(14)5-20/h3-4,6,9,14,26H,1-2,7-8H2,(H2,21,25)(H,22,23)/t9-,14?/m1/s1. The van der Waals surface area contributed by atoms with Crippen molar-refractivity contribution in [2.45, 2.75) is 19.1 Å². The second-order valence-corrected chi connectivity index (χ2v) is 7.13. The number of benzene rings is 1. The van der Waals surface area contributed by atoms with Gasteiger partial charge in [0.15, 0.2) is 5.82 Å². The van der Waals surface area contributed by atoms with Crippen LogP contribution in [0.4, 0.5) is 11.5 Å². The number of anilines is 2. The molecule has 1 fully saturated rings. The largest absolute Gasteiger partial charge is 0.493 e. The summed E-state index contributed by atoms with van der Waals surface area (Å²) < 4.78 is 12.2. The summed E-state index contributed by atoms with van der Waals surface area (Å²) in [5.41, 5.74) is 7.55. The molecule has 0 saturated carbocycles. The molecule has 1 unspecified atom stereocenters. The van der Waals surface area contributed by atoms with Crippen molar-refractivity contribution in [3.05, 3.63) is 34.5 Å². The number of nitrogens with zero attached hydrogens (tertiary/aromatic N) is 3. The van der Waals surface area contributed by atoms with Gasteiger partial charge in [-0.3, -0.25) is 9.48 Å². The van der Waals surface area contributed by atoms with Gasteiger partial charge in [-0.05, 0) is 24.1 Å². The van der Waals surface area contributed by atoms with E-state index in [1.165, 1.54) is 6.20 Å². The topological polar surface area (TPSA) is 135 Å². The fraction of sp³-hybridized carbons (Fsp3) is 0.353. The number of hydrogen-bond acceptors (Lipinski definition) is 7. The minimum Gasteiger partial charge on any atom is -0.423 e. The second kappa shape index (κ2) is 7.45. The van der Waals surface area contributed by atoms with Crippen LogP contribution in [-0.2, 0) is 16.0 Å². The molecule has 2 atom stereocenters. The van der Waals surface area contributed by atoms with Crippen LogP contribution in [0.15, 0.2) is 18.3 Å². The van der Waals surface area contributed by atoms with Gasteiger partial charge in [-0.2, -0.15) is 10.4 Å². The number of carbonyl (C=O) groups excluding carboxylic acids is 1. The predicted octanol–water partition coefficient (Wildman–Crippen LogP) is 0.698. The van der Waals surface area contributed by atoms with E-state index in [4.69, 9.17) is 26.7 Å². The summed E-state index contributed by atoms with van der Waals surface area (Å²) in [5.74, 6) is -0.662. The highest BCUT2D eigenvalue weighted by atomic mass is 35.5. The average molecular weight is 402 g/mol. The van der Waals surface area contributed by atoms with E-state index >= 15 is 0 Å². The van der Waals surface area contributed by atoms with E-state index in [0.29, 0.717) is 35.8 Å². The minimum atomic E-state index is -1.05. The predicted molar refractivity (Wildman–Crippen MR) is 101 cm³/mol. The number of carbonyl (C=O) groups is 1. The van der Waals surface area contributed by atoms with Crippen LogP contribution in [0.3, 0.4) is 0 Å². The zero-order valence-corrected chi connectivity index (χ0v) is 15.5. The number of fused-ring (bicyclic) bond motifs is 1. The molecule has 28 heavy (non-hydrogen) atoms. The van der Waals surface area contributed by atoms with Crippen LogP contribution in [0.25, 0.3) is 0 Å². The molecular weight excluding hydrogens is 384 g/mol. The minimum absolute atomic E-state index is 0.190. The Morgan fingerprint density at radius 2 is 2.36 bits per heavy atom. The van der Waals surface area contributed by atoms with E-state index in [0.717, 1.165) is 5.56 Å². The van der Waals surface area contributed by atoms with Crippen molar-refractivity contribution < 1.29 is 19.2 Å². The summed E-state index contributed by atoms with van der Waals surface area (Å²) in [6.45, 7) is 1.08. The molecule has 2 aromatic rings. The molecule has 0 spiro atoms. The zero-order chi connectivity index (χ0) is 19.8. The van der Waals surface area contributed by atoms with Gasteiger partial charge in [0.2, 0.25) is 0 Å². The van der Waals surface area contributed by atoms with Gasteiger partial charge in [0, 0.05) is 29.0 Å². The van der Waals surface area contributed by atoms with E-state index in [9.17, 15) is 15.1 Å². The van der Waals surface area contributed by atoms with Gasteiger partial charge in [-0.15, -0.1) is 0 Å². The molecule has 1 aromatic heterocycles. The van der Waals surface area contributed by atoms with E-state index in [1.54, 1.807) is 16.8 Å². The lowest BCUT2D eigenvalue weighted by molar-refractivity contribution is 0.0342. The van der Waals surface area contributed by atoms with Crippen LogP contribution in [0.1, 0.15) is 28.4 Å². The Bertz CT molecular complexity index is 975. The normalized spacial score (nSPS) is 21.2. The van der Waals surface area contributed by atoms with Crippen molar-refractivity contribution >= 4 is 41.6 Å². The number of halogens is 1. The molecule has 0 bridgehead atoms. The number of ether oxygens (including phenoxy) is 1. The van der Waals surface area contributed by atoms with E-state index < -0.39 is 13.0 Å². The molecule has 0 radical (unpaired) electrons. The number of rotatable bonds is 4. The number of nitrogens with one attached hydrogen (secondary N) is 1. The fourth-order valence-electron chi connectivity index (χ4n) is 3.50. The van der Waals surface area contributed by atoms with Gasteiger partial charge >= 0.3 is 7.12 Å². The molecule has 2 aliphatic rings. The number of nitrogens with two attached hydrogens (primary N) is 1. The number of nitriles is 1. The fourth-order valence-corrected chi connectivity index (χ4v) is 3.83. The highest BCUT2D eigenvalue weighted by Gasteiger charge is 2.32. The first-order valence-electron chi connectivity index (χ1n) is 8.73. The quantitative estimate of drug-likeness (QED) is 0.642. The lowest BCUT2D eigenvalue weighted by Gasteiger charge is -2.26. The van der Waals surface area contributed by atoms with Crippen molar-refractivity contribution in [2.75, 3.05) is 18.5 Å². The van der Waals surface area contributed by atoms with Crippen molar-refractivity contribution in [2.24, 2.45) is 11.7 Å². The monoisotopic (exact) mass is 401 g/mol. The Morgan fingerprint density at radius 3 is 3.11 bits per heavy atom. The summed E-state index contributed by atoms with van der Waals surface area (Å²) in [6.07, 6.45) is 2.12. The van der Waals surface area contributed by atoms with Crippen LogP contribution in [0, 0.1) is 17.2 Å². The van der Waals surface area contributed by atoms with Crippen LogP contribution in [0.5, 0.6) is 0 Å². The Morgan fingerprint density at radius 1 is 1.54 bits per heavy atom. The zero-order valence-electron chi connectivity index (χ0n) is 14.8. The molecule has 9 nitrogen and oxygen atoms in total. The highest BCUT2D eigenvalue weighted by Crippen LogP contribution is 2.30. The van der Waals surface area contributed by atoms with Crippen molar-refractivity contribution in [1.82, 2.24) is 9.78 Å². The first kappa shape index (κ1) is 18.8. The highest BCUT2D eigenvalue weighted by molar-refractivity contribution is 6.65. The van der Waals surface area contributed by atoms with Gasteiger partial charge in [-0.1, -0.05) is 11.6 Å². The van der Waals surface area contributed by atoms with Gasteiger partial charge in [0.05, 0.1) is 31.2 Å². The lowest BCUT2D eigenvalue weighted by Crippen LogP contribution is -2.29. The molecule has 2 aliphatic heterocycles. The lowest BCUT2D eigenvalue weighted by atomic mass is 9.79. The van der Waals surface area contributed by atoms with Crippen molar-refractivity contribution in [3.8, 4) is 6.07 Å². The van der Waals surface area contributed by atoms with Gasteiger partial charge in [0.25, 0.3) is 5.91 Å². The molecule has 3 heterocycles. The maximum Gasteiger partial charge on any atom is 0.493 e. The summed E-state index contributed by atoms with van der Waals surface area (Å²) >= 11 is 6.25. The van der Waals surface area contributed by atoms with Crippen LogP contribution < -0.4 is 16.5 Å². The molecule has 4 rings (SSSR count).